The number of piperidine rings is 1. The molecule has 1 unspecified atom stereocenters. The molecule has 2 fully saturated rings. The zero-order valence-electron chi connectivity index (χ0n) is 17.6. The first kappa shape index (κ1) is 20.4. The number of imide groups is 1. The van der Waals surface area contributed by atoms with E-state index in [0.717, 1.165) is 43.1 Å². The number of fused-ring (bicyclic) bond motifs is 1. The number of hydrogen-bond acceptors (Lipinski definition) is 8. The second-order valence-corrected chi connectivity index (χ2v) is 8.20. The first-order valence-corrected chi connectivity index (χ1v) is 10.9. The lowest BCUT2D eigenvalue weighted by molar-refractivity contribution is -0.136. The Morgan fingerprint density at radius 3 is 2.69 bits per heavy atom. The van der Waals surface area contributed by atoms with Crippen LogP contribution in [0, 0.1) is 0 Å². The Morgan fingerprint density at radius 1 is 1.09 bits per heavy atom. The predicted molar refractivity (Wildman–Crippen MR) is 117 cm³/mol. The Hall–Kier alpha value is -3.53. The van der Waals surface area contributed by atoms with Gasteiger partial charge in [-0.05, 0) is 17.5 Å². The van der Waals surface area contributed by atoms with Crippen molar-refractivity contribution in [3.05, 3.63) is 47.3 Å². The monoisotopic (exact) mass is 435 g/mol. The highest BCUT2D eigenvalue weighted by atomic mass is 16.2. The lowest BCUT2D eigenvalue weighted by Gasteiger charge is -2.29. The van der Waals surface area contributed by atoms with Crippen LogP contribution in [0.5, 0.6) is 0 Å². The lowest BCUT2D eigenvalue weighted by Crippen LogP contribution is -2.52. The number of nitrogens with one attached hydrogen (secondary N) is 3. The highest BCUT2D eigenvalue weighted by Gasteiger charge is 2.39. The molecule has 1 aromatic carbocycles. The van der Waals surface area contributed by atoms with Gasteiger partial charge >= 0.3 is 0 Å². The number of rotatable bonds is 5. The fourth-order valence-electron chi connectivity index (χ4n) is 4.49. The second-order valence-electron chi connectivity index (χ2n) is 8.20. The molecule has 3 aliphatic heterocycles. The van der Waals surface area contributed by atoms with Gasteiger partial charge in [0.15, 0.2) is 0 Å². The summed E-state index contributed by atoms with van der Waals surface area (Å²) in [7, 11) is 0. The van der Waals surface area contributed by atoms with E-state index in [9.17, 15) is 14.4 Å². The summed E-state index contributed by atoms with van der Waals surface area (Å²) in [4.78, 5) is 49.6. The lowest BCUT2D eigenvalue weighted by atomic mass is 10.0. The normalized spacial score (nSPS) is 20.9. The Kier molecular flexibility index (Phi) is 5.44. The third kappa shape index (κ3) is 3.89. The van der Waals surface area contributed by atoms with Gasteiger partial charge in [0, 0.05) is 51.3 Å². The SMILES string of the molecule is O=C1CCC(N2Cc3cccc(CNc4cnc(N5CCNCC5)cn4)c3C2=O)C(=O)N1. The van der Waals surface area contributed by atoms with Gasteiger partial charge in [-0.15, -0.1) is 0 Å². The van der Waals surface area contributed by atoms with Gasteiger partial charge in [-0.3, -0.25) is 19.7 Å². The number of hydrogen-bond donors (Lipinski definition) is 3. The predicted octanol–water partition coefficient (Wildman–Crippen LogP) is 0.259. The number of anilines is 2. The number of carbonyl (C=O) groups is 3. The summed E-state index contributed by atoms with van der Waals surface area (Å²) in [6, 6.07) is 5.11. The van der Waals surface area contributed by atoms with Crippen LogP contribution < -0.4 is 20.9 Å². The number of aromatic nitrogens is 2. The van der Waals surface area contributed by atoms with Crippen LogP contribution in [-0.2, 0) is 22.7 Å². The average Bonchev–Trinajstić information content (AvgIpc) is 3.15. The Bertz CT molecular complexity index is 1050. The summed E-state index contributed by atoms with van der Waals surface area (Å²) in [5.74, 6) is 0.625. The Labute approximate surface area is 185 Å². The van der Waals surface area contributed by atoms with E-state index in [4.69, 9.17) is 0 Å². The minimum Gasteiger partial charge on any atom is -0.365 e. The smallest absolute Gasteiger partial charge is 0.255 e. The van der Waals surface area contributed by atoms with Crippen molar-refractivity contribution in [3.63, 3.8) is 0 Å². The standard InChI is InChI=1S/C22H25N7O3/c30-19-5-4-16(21(31)27-19)29-13-15-3-1-2-14(20(15)22(29)32)10-24-17-11-26-18(12-25-17)28-8-6-23-7-9-28/h1-3,11-12,16,23H,4-10,13H2,(H,24,25)(H,27,30,31). The molecule has 2 saturated heterocycles. The fraction of sp³-hybridized carbons (Fsp3) is 0.409. The highest BCUT2D eigenvalue weighted by Crippen LogP contribution is 2.30. The average molecular weight is 435 g/mol. The van der Waals surface area contributed by atoms with Crippen molar-refractivity contribution in [2.45, 2.75) is 32.0 Å². The van der Waals surface area contributed by atoms with Crippen LogP contribution in [0.4, 0.5) is 11.6 Å². The van der Waals surface area contributed by atoms with E-state index in [2.05, 4.69) is 30.8 Å². The van der Waals surface area contributed by atoms with Gasteiger partial charge in [0.25, 0.3) is 5.91 Å². The van der Waals surface area contributed by atoms with E-state index < -0.39 is 11.9 Å². The van der Waals surface area contributed by atoms with Crippen LogP contribution in [-0.4, -0.2) is 64.8 Å². The van der Waals surface area contributed by atoms with Gasteiger partial charge in [0.1, 0.15) is 17.7 Å². The molecule has 32 heavy (non-hydrogen) atoms. The third-order valence-corrected chi connectivity index (χ3v) is 6.18. The van der Waals surface area contributed by atoms with Crippen molar-refractivity contribution in [2.75, 3.05) is 36.4 Å². The molecule has 3 aliphatic rings. The molecule has 10 nitrogen and oxygen atoms in total. The molecule has 3 N–H and O–H groups in total. The van der Waals surface area contributed by atoms with E-state index in [1.165, 1.54) is 0 Å². The van der Waals surface area contributed by atoms with Gasteiger partial charge in [-0.25, -0.2) is 9.97 Å². The molecule has 10 heteroatoms. The topological polar surface area (TPSA) is 120 Å². The molecular formula is C22H25N7O3. The van der Waals surface area contributed by atoms with Crippen molar-refractivity contribution in [2.24, 2.45) is 0 Å². The van der Waals surface area contributed by atoms with Crippen LogP contribution in [0.2, 0.25) is 0 Å². The maximum Gasteiger partial charge on any atom is 0.255 e. The molecule has 4 heterocycles. The molecule has 0 spiro atoms. The molecule has 3 amide bonds. The zero-order valence-corrected chi connectivity index (χ0v) is 17.6. The van der Waals surface area contributed by atoms with Crippen LogP contribution >= 0.6 is 0 Å². The van der Waals surface area contributed by atoms with Crippen LogP contribution in [0.1, 0.15) is 34.3 Å². The van der Waals surface area contributed by atoms with E-state index >= 15 is 0 Å². The first-order chi connectivity index (χ1) is 15.6. The highest BCUT2D eigenvalue weighted by molar-refractivity contribution is 6.06. The molecule has 0 aliphatic carbocycles. The quantitative estimate of drug-likeness (QED) is 0.572. The minimum absolute atomic E-state index is 0.174. The van der Waals surface area contributed by atoms with Gasteiger partial charge < -0.3 is 20.4 Å². The van der Waals surface area contributed by atoms with Crippen molar-refractivity contribution in [1.29, 1.82) is 0 Å². The zero-order chi connectivity index (χ0) is 22.1. The van der Waals surface area contributed by atoms with Crippen LogP contribution in [0.15, 0.2) is 30.6 Å². The number of benzene rings is 1. The largest absolute Gasteiger partial charge is 0.365 e. The van der Waals surface area contributed by atoms with Gasteiger partial charge in [-0.2, -0.15) is 0 Å². The van der Waals surface area contributed by atoms with Crippen molar-refractivity contribution in [3.8, 4) is 0 Å². The molecule has 166 valence electrons. The maximum atomic E-state index is 13.2. The Morgan fingerprint density at radius 2 is 1.94 bits per heavy atom. The van der Waals surface area contributed by atoms with Crippen molar-refractivity contribution >= 4 is 29.4 Å². The molecule has 1 atom stereocenters. The first-order valence-electron chi connectivity index (χ1n) is 10.9. The second kappa shape index (κ2) is 8.54. The van der Waals surface area contributed by atoms with Gasteiger partial charge in [0.05, 0.1) is 12.4 Å². The van der Waals surface area contributed by atoms with E-state index in [0.29, 0.717) is 30.9 Å². The summed E-state index contributed by atoms with van der Waals surface area (Å²) < 4.78 is 0. The third-order valence-electron chi connectivity index (χ3n) is 6.18. The summed E-state index contributed by atoms with van der Waals surface area (Å²) in [5.41, 5.74) is 2.35. The molecule has 1 aromatic heterocycles. The maximum absolute atomic E-state index is 13.2. The van der Waals surface area contributed by atoms with Crippen LogP contribution in [0.25, 0.3) is 0 Å². The van der Waals surface area contributed by atoms with Gasteiger partial charge in [0.2, 0.25) is 11.8 Å². The summed E-state index contributed by atoms with van der Waals surface area (Å²) in [5, 5.41) is 8.90. The molecule has 0 bridgehead atoms. The number of carbonyl (C=O) groups excluding carboxylic acids is 3. The van der Waals surface area contributed by atoms with E-state index in [1.54, 1.807) is 17.3 Å². The van der Waals surface area contributed by atoms with Gasteiger partial charge in [-0.1, -0.05) is 18.2 Å². The van der Waals surface area contributed by atoms with Crippen LogP contribution in [0.3, 0.4) is 0 Å². The van der Waals surface area contributed by atoms with Crippen molar-refractivity contribution < 1.29 is 14.4 Å². The molecule has 5 rings (SSSR count). The van der Waals surface area contributed by atoms with E-state index in [-0.39, 0.29) is 18.2 Å². The summed E-state index contributed by atoms with van der Waals surface area (Å²) >= 11 is 0. The number of nitrogens with zero attached hydrogens (tertiary/aromatic N) is 4. The number of piperazine rings is 1. The molecule has 0 saturated carbocycles. The minimum atomic E-state index is -0.614. The number of amides is 3. The fourth-order valence-corrected chi connectivity index (χ4v) is 4.49. The summed E-state index contributed by atoms with van der Waals surface area (Å²) in [6.07, 6.45) is 4.07. The summed E-state index contributed by atoms with van der Waals surface area (Å²) in [6.45, 7) is 4.47. The molecule has 0 radical (unpaired) electrons. The molecular weight excluding hydrogens is 410 g/mol. The van der Waals surface area contributed by atoms with E-state index in [1.807, 2.05) is 18.2 Å². The molecule has 2 aromatic rings. The Balaban J connectivity index is 1.27. The van der Waals surface area contributed by atoms with Crippen molar-refractivity contribution in [1.82, 2.24) is 25.5 Å².